The fourth-order valence-corrected chi connectivity index (χ4v) is 1.95. The molecule has 2 atom stereocenters. The normalized spacial score (nSPS) is 26.5. The van der Waals surface area contributed by atoms with E-state index in [2.05, 4.69) is 24.5 Å². The molecule has 3 nitrogen and oxygen atoms in total. The van der Waals surface area contributed by atoms with E-state index in [4.69, 9.17) is 0 Å². The number of hydrogen-bond acceptors (Lipinski definition) is 2. The molecule has 1 heterocycles. The standard InChI is InChI=1S/C13H26N2O/c1-5-13(3,4)12(16)15-9-11-8-14-7-6-10(11)2/h10-11,14H,5-9H2,1-4H3,(H,15,16). The van der Waals surface area contributed by atoms with Crippen LogP contribution in [0.25, 0.3) is 0 Å². The van der Waals surface area contributed by atoms with E-state index in [0.29, 0.717) is 11.8 Å². The Kier molecular flexibility index (Phi) is 4.78. The highest BCUT2D eigenvalue weighted by atomic mass is 16.2. The van der Waals surface area contributed by atoms with Crippen molar-refractivity contribution in [1.82, 2.24) is 10.6 Å². The van der Waals surface area contributed by atoms with Gasteiger partial charge in [-0.2, -0.15) is 0 Å². The van der Waals surface area contributed by atoms with Crippen LogP contribution in [0.4, 0.5) is 0 Å². The fourth-order valence-electron chi connectivity index (χ4n) is 1.95. The lowest BCUT2D eigenvalue weighted by molar-refractivity contribution is -0.129. The molecule has 0 radical (unpaired) electrons. The van der Waals surface area contributed by atoms with Crippen LogP contribution < -0.4 is 10.6 Å². The number of hydrogen-bond donors (Lipinski definition) is 2. The second kappa shape index (κ2) is 5.67. The Morgan fingerprint density at radius 1 is 1.50 bits per heavy atom. The molecule has 0 aromatic heterocycles. The second-order valence-electron chi connectivity index (χ2n) is 5.68. The summed E-state index contributed by atoms with van der Waals surface area (Å²) in [5, 5.41) is 6.49. The third kappa shape index (κ3) is 3.48. The van der Waals surface area contributed by atoms with E-state index in [-0.39, 0.29) is 11.3 Å². The van der Waals surface area contributed by atoms with Crippen molar-refractivity contribution in [2.75, 3.05) is 19.6 Å². The molecule has 1 aliphatic rings. The molecule has 0 bridgehead atoms. The summed E-state index contributed by atoms with van der Waals surface area (Å²) >= 11 is 0. The van der Waals surface area contributed by atoms with E-state index >= 15 is 0 Å². The summed E-state index contributed by atoms with van der Waals surface area (Å²) in [7, 11) is 0. The molecular formula is C13H26N2O. The fraction of sp³-hybridized carbons (Fsp3) is 0.923. The quantitative estimate of drug-likeness (QED) is 0.767. The minimum Gasteiger partial charge on any atom is -0.355 e. The van der Waals surface area contributed by atoms with Crippen LogP contribution in [0.1, 0.15) is 40.5 Å². The Hall–Kier alpha value is -0.570. The minimum atomic E-state index is -0.231. The second-order valence-corrected chi connectivity index (χ2v) is 5.68. The maximum Gasteiger partial charge on any atom is 0.225 e. The highest BCUT2D eigenvalue weighted by Crippen LogP contribution is 2.21. The average Bonchev–Trinajstić information content (AvgIpc) is 2.27. The molecule has 94 valence electrons. The van der Waals surface area contributed by atoms with Crippen LogP contribution in [0.2, 0.25) is 0 Å². The maximum atomic E-state index is 11.9. The van der Waals surface area contributed by atoms with Crippen LogP contribution in [-0.2, 0) is 4.79 Å². The van der Waals surface area contributed by atoms with E-state index in [1.807, 2.05) is 13.8 Å². The molecule has 1 fully saturated rings. The first-order valence-electron chi connectivity index (χ1n) is 6.46. The number of piperidine rings is 1. The lowest BCUT2D eigenvalue weighted by Gasteiger charge is -2.31. The van der Waals surface area contributed by atoms with Crippen molar-refractivity contribution in [2.45, 2.75) is 40.5 Å². The first-order valence-corrected chi connectivity index (χ1v) is 6.46. The van der Waals surface area contributed by atoms with Crippen LogP contribution in [0.15, 0.2) is 0 Å². The van der Waals surface area contributed by atoms with Crippen LogP contribution in [0.3, 0.4) is 0 Å². The Bertz CT molecular complexity index is 238. The van der Waals surface area contributed by atoms with Gasteiger partial charge in [0.15, 0.2) is 0 Å². The van der Waals surface area contributed by atoms with E-state index in [1.54, 1.807) is 0 Å². The molecule has 2 unspecified atom stereocenters. The maximum absolute atomic E-state index is 11.9. The number of carbonyl (C=O) groups excluding carboxylic acids is 1. The Morgan fingerprint density at radius 3 is 2.75 bits per heavy atom. The lowest BCUT2D eigenvalue weighted by atomic mass is 9.86. The highest BCUT2D eigenvalue weighted by molar-refractivity contribution is 5.81. The summed E-state index contributed by atoms with van der Waals surface area (Å²) in [4.78, 5) is 11.9. The third-order valence-electron chi connectivity index (χ3n) is 4.01. The van der Waals surface area contributed by atoms with Crippen LogP contribution in [-0.4, -0.2) is 25.5 Å². The first kappa shape index (κ1) is 13.5. The van der Waals surface area contributed by atoms with Crippen molar-refractivity contribution in [3.05, 3.63) is 0 Å². The zero-order valence-corrected chi connectivity index (χ0v) is 11.1. The molecule has 3 heteroatoms. The molecule has 0 aliphatic carbocycles. The van der Waals surface area contributed by atoms with Crippen molar-refractivity contribution in [1.29, 1.82) is 0 Å². The molecule has 2 N–H and O–H groups in total. The SMILES string of the molecule is CCC(C)(C)C(=O)NCC1CNCCC1C. The summed E-state index contributed by atoms with van der Waals surface area (Å²) < 4.78 is 0. The van der Waals surface area contributed by atoms with Gasteiger partial charge < -0.3 is 10.6 Å². The zero-order chi connectivity index (χ0) is 12.2. The van der Waals surface area contributed by atoms with Gasteiger partial charge in [-0.25, -0.2) is 0 Å². The predicted octanol–water partition coefficient (Wildman–Crippen LogP) is 1.78. The van der Waals surface area contributed by atoms with Gasteiger partial charge in [0.05, 0.1) is 0 Å². The van der Waals surface area contributed by atoms with E-state index in [1.165, 1.54) is 6.42 Å². The van der Waals surface area contributed by atoms with Gasteiger partial charge in [0.25, 0.3) is 0 Å². The van der Waals surface area contributed by atoms with Crippen molar-refractivity contribution >= 4 is 5.91 Å². The molecule has 0 aromatic carbocycles. The first-order chi connectivity index (χ1) is 7.47. The van der Waals surface area contributed by atoms with Gasteiger partial charge in [0.2, 0.25) is 5.91 Å². The molecule has 1 amide bonds. The molecule has 0 saturated carbocycles. The smallest absolute Gasteiger partial charge is 0.225 e. The summed E-state index contributed by atoms with van der Waals surface area (Å²) in [6, 6.07) is 0. The molecule has 1 rings (SSSR count). The molecule has 1 saturated heterocycles. The topological polar surface area (TPSA) is 41.1 Å². The van der Waals surface area contributed by atoms with E-state index in [9.17, 15) is 4.79 Å². The van der Waals surface area contributed by atoms with E-state index in [0.717, 1.165) is 26.1 Å². The van der Waals surface area contributed by atoms with Gasteiger partial charge in [-0.3, -0.25) is 4.79 Å². The molecular weight excluding hydrogens is 200 g/mol. The summed E-state index contributed by atoms with van der Waals surface area (Å²) in [6.07, 6.45) is 2.11. The predicted molar refractivity (Wildman–Crippen MR) is 67.2 cm³/mol. The van der Waals surface area contributed by atoms with Gasteiger partial charge in [-0.1, -0.05) is 27.7 Å². The monoisotopic (exact) mass is 226 g/mol. The number of amides is 1. The van der Waals surface area contributed by atoms with Crippen molar-refractivity contribution in [2.24, 2.45) is 17.3 Å². The Labute approximate surface area is 99.4 Å². The number of rotatable bonds is 4. The summed E-state index contributed by atoms with van der Waals surface area (Å²) in [5.74, 6) is 1.49. The molecule has 16 heavy (non-hydrogen) atoms. The minimum absolute atomic E-state index is 0.188. The van der Waals surface area contributed by atoms with Gasteiger partial charge in [-0.15, -0.1) is 0 Å². The Morgan fingerprint density at radius 2 is 2.19 bits per heavy atom. The zero-order valence-electron chi connectivity index (χ0n) is 11.1. The molecule has 0 spiro atoms. The van der Waals surface area contributed by atoms with Crippen LogP contribution in [0.5, 0.6) is 0 Å². The number of nitrogens with one attached hydrogen (secondary N) is 2. The summed E-state index contributed by atoms with van der Waals surface area (Å²) in [5.41, 5.74) is -0.231. The largest absolute Gasteiger partial charge is 0.355 e. The molecule has 0 aromatic rings. The van der Waals surface area contributed by atoms with Crippen molar-refractivity contribution in [3.8, 4) is 0 Å². The van der Waals surface area contributed by atoms with Gasteiger partial charge >= 0.3 is 0 Å². The van der Waals surface area contributed by atoms with Crippen LogP contribution >= 0.6 is 0 Å². The summed E-state index contributed by atoms with van der Waals surface area (Å²) in [6.45, 7) is 11.3. The lowest BCUT2D eigenvalue weighted by Crippen LogP contribution is -2.45. The van der Waals surface area contributed by atoms with E-state index < -0.39 is 0 Å². The number of carbonyl (C=O) groups is 1. The van der Waals surface area contributed by atoms with Crippen LogP contribution in [0, 0.1) is 17.3 Å². The molecule has 1 aliphatic heterocycles. The van der Waals surface area contributed by atoms with Gasteiger partial charge in [0, 0.05) is 12.0 Å². The highest BCUT2D eigenvalue weighted by Gasteiger charge is 2.27. The van der Waals surface area contributed by atoms with Crippen molar-refractivity contribution in [3.63, 3.8) is 0 Å². The van der Waals surface area contributed by atoms with Gasteiger partial charge in [-0.05, 0) is 37.8 Å². The van der Waals surface area contributed by atoms with Crippen molar-refractivity contribution < 1.29 is 4.79 Å². The Balaban J connectivity index is 2.36. The van der Waals surface area contributed by atoms with Gasteiger partial charge in [0.1, 0.15) is 0 Å². The average molecular weight is 226 g/mol. The third-order valence-corrected chi connectivity index (χ3v) is 4.01.